The molecule has 1 saturated heterocycles. The van der Waals surface area contributed by atoms with E-state index in [9.17, 15) is 14.4 Å². The molecule has 0 radical (unpaired) electrons. The highest BCUT2D eigenvalue weighted by Gasteiger charge is 2.24. The number of carbonyl (C=O) groups is 1. The first-order chi connectivity index (χ1) is 11.5. The summed E-state index contributed by atoms with van der Waals surface area (Å²) in [6.45, 7) is 4.33. The van der Waals surface area contributed by atoms with Crippen LogP contribution in [0.3, 0.4) is 0 Å². The van der Waals surface area contributed by atoms with Crippen LogP contribution in [0.1, 0.15) is 16.1 Å². The Balaban J connectivity index is 1.73. The van der Waals surface area contributed by atoms with Gasteiger partial charge in [0.25, 0.3) is 11.5 Å². The number of hydrogen-bond acceptors (Lipinski definition) is 5. The second-order valence-corrected chi connectivity index (χ2v) is 5.85. The molecule has 8 heteroatoms. The first-order valence-corrected chi connectivity index (χ1v) is 7.72. The molecule has 2 aromatic heterocycles. The Morgan fingerprint density at radius 3 is 2.58 bits per heavy atom. The van der Waals surface area contributed by atoms with Crippen molar-refractivity contribution in [2.45, 2.75) is 6.92 Å². The lowest BCUT2D eigenvalue weighted by Crippen LogP contribution is -2.50. The summed E-state index contributed by atoms with van der Waals surface area (Å²) in [5.41, 5.74) is 0.840. The number of pyridine rings is 1. The van der Waals surface area contributed by atoms with Gasteiger partial charge in [0.05, 0.1) is 0 Å². The molecule has 1 aliphatic rings. The van der Waals surface area contributed by atoms with Gasteiger partial charge in [0.1, 0.15) is 5.56 Å². The molecule has 0 unspecified atom stereocenters. The smallest absolute Gasteiger partial charge is 0.328 e. The molecular formula is C16H19N5O3. The SMILES string of the molecule is Cc1cc(N2CCN(C(=O)c3cn(C)c(=O)[nH]c3=O)CC2)ccn1. The number of amides is 1. The van der Waals surface area contributed by atoms with Gasteiger partial charge in [-0.1, -0.05) is 0 Å². The molecule has 1 amide bonds. The van der Waals surface area contributed by atoms with Gasteiger partial charge in [-0.05, 0) is 19.1 Å². The molecule has 8 nitrogen and oxygen atoms in total. The zero-order valence-electron chi connectivity index (χ0n) is 13.7. The summed E-state index contributed by atoms with van der Waals surface area (Å²) in [5, 5.41) is 0. The summed E-state index contributed by atoms with van der Waals surface area (Å²) >= 11 is 0. The van der Waals surface area contributed by atoms with Crippen LogP contribution < -0.4 is 16.1 Å². The molecule has 1 fully saturated rings. The van der Waals surface area contributed by atoms with E-state index in [-0.39, 0.29) is 11.5 Å². The maximum atomic E-state index is 12.5. The number of piperazine rings is 1. The van der Waals surface area contributed by atoms with Gasteiger partial charge in [-0.25, -0.2) is 4.79 Å². The Morgan fingerprint density at radius 1 is 1.21 bits per heavy atom. The van der Waals surface area contributed by atoms with E-state index in [4.69, 9.17) is 0 Å². The number of rotatable bonds is 2. The molecule has 0 spiro atoms. The molecular weight excluding hydrogens is 310 g/mol. The summed E-state index contributed by atoms with van der Waals surface area (Å²) in [7, 11) is 1.50. The highest BCUT2D eigenvalue weighted by Crippen LogP contribution is 2.17. The van der Waals surface area contributed by atoms with Crippen LogP contribution in [0.4, 0.5) is 5.69 Å². The third kappa shape index (κ3) is 3.08. The highest BCUT2D eigenvalue weighted by atomic mass is 16.2. The van der Waals surface area contributed by atoms with E-state index in [0.717, 1.165) is 11.4 Å². The van der Waals surface area contributed by atoms with Crippen molar-refractivity contribution in [1.29, 1.82) is 0 Å². The summed E-state index contributed by atoms with van der Waals surface area (Å²) in [6, 6.07) is 3.96. The number of nitrogens with one attached hydrogen (secondary N) is 1. The number of anilines is 1. The van der Waals surface area contributed by atoms with Gasteiger partial charge in [-0.15, -0.1) is 0 Å². The van der Waals surface area contributed by atoms with Crippen LogP contribution >= 0.6 is 0 Å². The normalized spacial score (nSPS) is 14.8. The average Bonchev–Trinajstić information content (AvgIpc) is 2.58. The molecule has 126 valence electrons. The van der Waals surface area contributed by atoms with Gasteiger partial charge in [0, 0.05) is 57.0 Å². The average molecular weight is 329 g/mol. The van der Waals surface area contributed by atoms with Crippen molar-refractivity contribution >= 4 is 11.6 Å². The fourth-order valence-electron chi connectivity index (χ4n) is 2.78. The maximum Gasteiger partial charge on any atom is 0.328 e. The molecule has 0 saturated carbocycles. The summed E-state index contributed by atoms with van der Waals surface area (Å²) in [5.74, 6) is -0.350. The highest BCUT2D eigenvalue weighted by molar-refractivity contribution is 5.93. The van der Waals surface area contributed by atoms with Crippen molar-refractivity contribution in [2.24, 2.45) is 7.05 Å². The third-order valence-corrected chi connectivity index (χ3v) is 4.15. The first-order valence-electron chi connectivity index (χ1n) is 7.72. The number of hydrogen-bond donors (Lipinski definition) is 1. The van der Waals surface area contributed by atoms with Crippen LogP contribution in [-0.2, 0) is 7.05 Å². The zero-order valence-corrected chi connectivity index (χ0v) is 13.7. The van der Waals surface area contributed by atoms with E-state index in [2.05, 4.69) is 14.9 Å². The number of nitrogens with zero attached hydrogens (tertiary/aromatic N) is 4. The van der Waals surface area contributed by atoms with E-state index < -0.39 is 11.2 Å². The number of aryl methyl sites for hydroxylation is 2. The molecule has 1 aliphatic heterocycles. The largest absolute Gasteiger partial charge is 0.368 e. The molecule has 0 aliphatic carbocycles. The topological polar surface area (TPSA) is 91.3 Å². The summed E-state index contributed by atoms with van der Waals surface area (Å²) < 4.78 is 1.20. The number of aromatic nitrogens is 3. The summed E-state index contributed by atoms with van der Waals surface area (Å²) in [4.78, 5) is 46.0. The minimum atomic E-state index is -0.643. The third-order valence-electron chi connectivity index (χ3n) is 4.15. The lowest BCUT2D eigenvalue weighted by molar-refractivity contribution is 0.0744. The minimum absolute atomic E-state index is 0.00898. The lowest BCUT2D eigenvalue weighted by Gasteiger charge is -2.36. The van der Waals surface area contributed by atoms with Crippen LogP contribution in [0.2, 0.25) is 0 Å². The monoisotopic (exact) mass is 329 g/mol. The molecule has 3 heterocycles. The van der Waals surface area contributed by atoms with Crippen LogP contribution in [0, 0.1) is 6.92 Å². The lowest BCUT2D eigenvalue weighted by atomic mass is 10.2. The number of H-pyrrole nitrogens is 1. The van der Waals surface area contributed by atoms with Crippen molar-refractivity contribution in [3.63, 3.8) is 0 Å². The zero-order chi connectivity index (χ0) is 17.3. The second-order valence-electron chi connectivity index (χ2n) is 5.85. The Kier molecular flexibility index (Phi) is 4.20. The van der Waals surface area contributed by atoms with Crippen LogP contribution in [0.5, 0.6) is 0 Å². The molecule has 24 heavy (non-hydrogen) atoms. The predicted octanol–water partition coefficient (Wildman–Crippen LogP) is -0.261. The van der Waals surface area contributed by atoms with Gasteiger partial charge in [-0.3, -0.25) is 19.6 Å². The van der Waals surface area contributed by atoms with Crippen molar-refractivity contribution in [3.05, 3.63) is 56.6 Å². The Labute approximate surface area is 138 Å². The quantitative estimate of drug-likeness (QED) is 0.820. The van der Waals surface area contributed by atoms with Gasteiger partial charge < -0.3 is 14.4 Å². The van der Waals surface area contributed by atoms with Crippen molar-refractivity contribution < 1.29 is 4.79 Å². The maximum absolute atomic E-state index is 12.5. The van der Waals surface area contributed by atoms with E-state index in [1.165, 1.54) is 17.8 Å². The fourth-order valence-corrected chi connectivity index (χ4v) is 2.78. The first kappa shape index (κ1) is 16.0. The minimum Gasteiger partial charge on any atom is -0.368 e. The molecule has 1 N–H and O–H groups in total. The summed E-state index contributed by atoms with van der Waals surface area (Å²) in [6.07, 6.45) is 3.06. The Bertz CT molecular complexity index is 878. The van der Waals surface area contributed by atoms with Crippen LogP contribution in [-0.4, -0.2) is 51.5 Å². The molecule has 3 rings (SSSR count). The van der Waals surface area contributed by atoms with Crippen LogP contribution in [0.15, 0.2) is 34.1 Å². The molecule has 2 aromatic rings. The van der Waals surface area contributed by atoms with Crippen LogP contribution in [0.25, 0.3) is 0 Å². The van der Waals surface area contributed by atoms with E-state index in [1.807, 2.05) is 19.1 Å². The van der Waals surface area contributed by atoms with Crippen molar-refractivity contribution in [1.82, 2.24) is 19.4 Å². The van der Waals surface area contributed by atoms with E-state index in [1.54, 1.807) is 11.1 Å². The van der Waals surface area contributed by atoms with Crippen molar-refractivity contribution in [2.75, 3.05) is 31.1 Å². The van der Waals surface area contributed by atoms with Gasteiger partial charge >= 0.3 is 5.69 Å². The van der Waals surface area contributed by atoms with Gasteiger partial charge in [-0.2, -0.15) is 0 Å². The number of carbonyl (C=O) groups excluding carboxylic acids is 1. The van der Waals surface area contributed by atoms with Gasteiger partial charge in [0.2, 0.25) is 0 Å². The molecule has 0 aromatic carbocycles. The number of aromatic amines is 1. The molecule has 0 bridgehead atoms. The second kappa shape index (κ2) is 6.31. The molecule has 0 atom stereocenters. The Morgan fingerprint density at radius 2 is 1.92 bits per heavy atom. The van der Waals surface area contributed by atoms with Gasteiger partial charge in [0.15, 0.2) is 0 Å². The standard InChI is InChI=1S/C16H19N5O3/c1-11-9-12(3-4-17-11)20-5-7-21(8-6-20)15(23)13-10-19(2)16(24)18-14(13)22/h3-4,9-10H,5-8H2,1-2H3,(H,18,22,24). The van der Waals surface area contributed by atoms with E-state index in [0.29, 0.717) is 26.2 Å². The Hall–Kier alpha value is -2.90. The van der Waals surface area contributed by atoms with Crippen molar-refractivity contribution in [3.8, 4) is 0 Å². The fraction of sp³-hybridized carbons (Fsp3) is 0.375. The predicted molar refractivity (Wildman–Crippen MR) is 89.4 cm³/mol. The van der Waals surface area contributed by atoms with E-state index >= 15 is 0 Å².